The first-order valence-corrected chi connectivity index (χ1v) is 5.47. The highest BCUT2D eigenvalue weighted by atomic mass is 19.1. The van der Waals surface area contributed by atoms with E-state index in [-0.39, 0.29) is 24.8 Å². The van der Waals surface area contributed by atoms with Crippen LogP contribution in [0.15, 0.2) is 24.3 Å². The summed E-state index contributed by atoms with van der Waals surface area (Å²) in [5.74, 6) is -0.445. The van der Waals surface area contributed by atoms with Crippen LogP contribution in [0.1, 0.15) is 24.2 Å². The van der Waals surface area contributed by atoms with Gasteiger partial charge in [0.05, 0.1) is 13.2 Å². The second-order valence-corrected chi connectivity index (χ2v) is 4.76. The maximum Gasteiger partial charge on any atom is 0.176 e. The average Bonchev–Trinajstić information content (AvgIpc) is 2.29. The number of rotatable bonds is 5. The number of carbonyl (C=O) groups excluding carboxylic acids is 1. The first kappa shape index (κ1) is 13.8. The molecule has 94 valence electrons. The Morgan fingerprint density at radius 2 is 1.88 bits per heavy atom. The number of halogens is 1. The van der Waals surface area contributed by atoms with Gasteiger partial charge in [0.25, 0.3) is 0 Å². The maximum atomic E-state index is 12.7. The van der Waals surface area contributed by atoms with E-state index in [0.29, 0.717) is 5.56 Å². The molecule has 0 heterocycles. The van der Waals surface area contributed by atoms with E-state index in [0.717, 1.165) is 0 Å². The van der Waals surface area contributed by atoms with Gasteiger partial charge >= 0.3 is 0 Å². The van der Waals surface area contributed by atoms with E-state index in [9.17, 15) is 14.3 Å². The molecule has 0 aromatic heterocycles. The molecule has 0 unspecified atom stereocenters. The van der Waals surface area contributed by atoms with Crippen LogP contribution in [0.3, 0.4) is 0 Å². The number of aliphatic hydroxyl groups excluding tert-OH is 1. The monoisotopic (exact) mass is 239 g/mol. The summed E-state index contributed by atoms with van der Waals surface area (Å²) in [5.41, 5.74) is 0.0300. The number of likely N-dealkylation sites (N-methyl/N-ethyl adjacent to an activating group) is 1. The SMILES string of the molecule is CN(CC(=O)c1ccc(F)cc1)C(C)(C)CO. The molecule has 0 fully saturated rings. The first-order valence-electron chi connectivity index (χ1n) is 5.47. The lowest BCUT2D eigenvalue weighted by Gasteiger charge is -2.33. The zero-order valence-corrected chi connectivity index (χ0v) is 10.4. The quantitative estimate of drug-likeness (QED) is 0.795. The molecule has 0 spiro atoms. The van der Waals surface area contributed by atoms with Crippen molar-refractivity contribution in [1.82, 2.24) is 4.90 Å². The van der Waals surface area contributed by atoms with Crippen LogP contribution < -0.4 is 0 Å². The Hall–Kier alpha value is -1.26. The van der Waals surface area contributed by atoms with Crippen molar-refractivity contribution >= 4 is 5.78 Å². The fourth-order valence-electron chi connectivity index (χ4n) is 1.28. The van der Waals surface area contributed by atoms with Crippen molar-refractivity contribution in [2.24, 2.45) is 0 Å². The number of ketones is 1. The van der Waals surface area contributed by atoms with Crippen molar-refractivity contribution in [3.8, 4) is 0 Å². The number of carbonyl (C=O) groups is 1. The lowest BCUT2D eigenvalue weighted by Crippen LogP contribution is -2.46. The molecule has 0 radical (unpaired) electrons. The molecule has 17 heavy (non-hydrogen) atoms. The van der Waals surface area contributed by atoms with E-state index in [4.69, 9.17) is 0 Å². The zero-order chi connectivity index (χ0) is 13.1. The topological polar surface area (TPSA) is 40.5 Å². The maximum absolute atomic E-state index is 12.7. The molecule has 0 atom stereocenters. The van der Waals surface area contributed by atoms with Crippen LogP contribution in [0.2, 0.25) is 0 Å². The number of nitrogens with zero attached hydrogens (tertiary/aromatic N) is 1. The van der Waals surface area contributed by atoms with Crippen LogP contribution in [0, 0.1) is 5.82 Å². The van der Waals surface area contributed by atoms with Crippen LogP contribution in [0.25, 0.3) is 0 Å². The summed E-state index contributed by atoms with van der Waals surface area (Å²) in [6.07, 6.45) is 0. The number of Topliss-reactive ketones (excluding diaryl/α,β-unsaturated/α-hetero) is 1. The fraction of sp³-hybridized carbons (Fsp3) is 0.462. The average molecular weight is 239 g/mol. The van der Waals surface area contributed by atoms with Crippen molar-refractivity contribution in [3.63, 3.8) is 0 Å². The second-order valence-electron chi connectivity index (χ2n) is 4.76. The highest BCUT2D eigenvalue weighted by Crippen LogP contribution is 2.12. The van der Waals surface area contributed by atoms with Gasteiger partial charge in [-0.25, -0.2) is 4.39 Å². The highest BCUT2D eigenvalue weighted by molar-refractivity contribution is 5.97. The van der Waals surface area contributed by atoms with E-state index >= 15 is 0 Å². The van der Waals surface area contributed by atoms with E-state index in [2.05, 4.69) is 0 Å². The Labute approximate surface area is 101 Å². The summed E-state index contributed by atoms with van der Waals surface area (Å²) in [7, 11) is 1.78. The van der Waals surface area contributed by atoms with Crippen LogP contribution in [-0.2, 0) is 0 Å². The third-order valence-electron chi connectivity index (χ3n) is 2.97. The minimum Gasteiger partial charge on any atom is -0.394 e. The Bertz CT molecular complexity index is 387. The Balaban J connectivity index is 2.70. The van der Waals surface area contributed by atoms with Crippen LogP contribution in [-0.4, -0.2) is 41.5 Å². The van der Waals surface area contributed by atoms with Gasteiger partial charge in [-0.15, -0.1) is 0 Å². The van der Waals surface area contributed by atoms with Crippen LogP contribution in [0.5, 0.6) is 0 Å². The van der Waals surface area contributed by atoms with Gasteiger partial charge in [-0.3, -0.25) is 9.69 Å². The van der Waals surface area contributed by atoms with Crippen molar-refractivity contribution in [1.29, 1.82) is 0 Å². The van der Waals surface area contributed by atoms with E-state index < -0.39 is 5.54 Å². The molecular formula is C13H18FNO2. The normalized spacial score (nSPS) is 11.9. The first-order chi connectivity index (χ1) is 7.86. The Morgan fingerprint density at radius 1 is 1.35 bits per heavy atom. The van der Waals surface area contributed by atoms with Gasteiger partial charge in [0.15, 0.2) is 5.78 Å². The largest absolute Gasteiger partial charge is 0.394 e. The molecule has 1 aromatic rings. The number of benzene rings is 1. The van der Waals surface area contributed by atoms with Gasteiger partial charge < -0.3 is 5.11 Å². The number of hydrogen-bond acceptors (Lipinski definition) is 3. The number of aliphatic hydroxyl groups is 1. The fourth-order valence-corrected chi connectivity index (χ4v) is 1.28. The molecule has 4 heteroatoms. The van der Waals surface area contributed by atoms with Gasteiger partial charge in [0.1, 0.15) is 5.82 Å². The molecule has 0 aliphatic carbocycles. The van der Waals surface area contributed by atoms with Gasteiger partial charge in [-0.1, -0.05) is 0 Å². The third-order valence-corrected chi connectivity index (χ3v) is 2.97. The van der Waals surface area contributed by atoms with E-state index in [1.54, 1.807) is 11.9 Å². The van der Waals surface area contributed by atoms with E-state index in [1.807, 2.05) is 13.8 Å². The van der Waals surface area contributed by atoms with Gasteiger partial charge in [0, 0.05) is 11.1 Å². The standard InChI is InChI=1S/C13H18FNO2/c1-13(2,9-16)15(3)8-12(17)10-4-6-11(14)7-5-10/h4-7,16H,8-9H2,1-3H3. The second kappa shape index (κ2) is 5.38. The van der Waals surface area contributed by atoms with Gasteiger partial charge in [0.2, 0.25) is 0 Å². The highest BCUT2D eigenvalue weighted by Gasteiger charge is 2.24. The Morgan fingerprint density at radius 3 is 2.35 bits per heavy atom. The van der Waals surface area contributed by atoms with E-state index in [1.165, 1.54) is 24.3 Å². The summed E-state index contributed by atoms with van der Waals surface area (Å²) in [6, 6.07) is 5.48. The summed E-state index contributed by atoms with van der Waals surface area (Å²) in [4.78, 5) is 13.7. The molecule has 1 aromatic carbocycles. The summed E-state index contributed by atoms with van der Waals surface area (Å²) in [5, 5.41) is 9.18. The smallest absolute Gasteiger partial charge is 0.176 e. The minimum absolute atomic E-state index is 0.0276. The van der Waals surface area contributed by atoms with Crippen molar-refractivity contribution in [3.05, 3.63) is 35.6 Å². The lowest BCUT2D eigenvalue weighted by atomic mass is 10.0. The van der Waals surface area contributed by atoms with Gasteiger partial charge in [-0.2, -0.15) is 0 Å². The predicted molar refractivity (Wildman–Crippen MR) is 64.5 cm³/mol. The minimum atomic E-state index is -0.449. The lowest BCUT2D eigenvalue weighted by molar-refractivity contribution is 0.0659. The molecule has 0 aliphatic rings. The summed E-state index contributed by atoms with van der Waals surface area (Å²) < 4.78 is 12.7. The molecule has 0 aliphatic heterocycles. The molecule has 0 amide bonds. The Kier molecular flexibility index (Phi) is 4.37. The molecule has 0 bridgehead atoms. The molecule has 1 N–H and O–H groups in total. The van der Waals surface area contributed by atoms with Crippen molar-refractivity contribution in [2.45, 2.75) is 19.4 Å². The van der Waals surface area contributed by atoms with Crippen molar-refractivity contribution < 1.29 is 14.3 Å². The van der Waals surface area contributed by atoms with Crippen LogP contribution >= 0.6 is 0 Å². The molecule has 0 saturated heterocycles. The molecule has 0 saturated carbocycles. The number of hydrogen-bond donors (Lipinski definition) is 1. The zero-order valence-electron chi connectivity index (χ0n) is 10.4. The van der Waals surface area contributed by atoms with Gasteiger partial charge in [-0.05, 0) is 45.2 Å². The summed E-state index contributed by atoms with van der Waals surface area (Å²) in [6.45, 7) is 3.87. The third kappa shape index (κ3) is 3.61. The molecule has 3 nitrogen and oxygen atoms in total. The molecule has 1 rings (SSSR count). The van der Waals surface area contributed by atoms with Crippen molar-refractivity contribution in [2.75, 3.05) is 20.2 Å². The summed E-state index contributed by atoms with van der Waals surface area (Å²) >= 11 is 0. The molecular weight excluding hydrogens is 221 g/mol. The van der Waals surface area contributed by atoms with Crippen LogP contribution in [0.4, 0.5) is 4.39 Å². The predicted octanol–water partition coefficient (Wildman–Crippen LogP) is 1.71.